The van der Waals surface area contributed by atoms with E-state index < -0.39 is 23.2 Å². The van der Waals surface area contributed by atoms with Gasteiger partial charge in [0.15, 0.2) is 0 Å². The second kappa shape index (κ2) is 7.17. The third kappa shape index (κ3) is 3.29. The van der Waals surface area contributed by atoms with Crippen LogP contribution in [-0.2, 0) is 18.3 Å². The number of carbonyl (C=O) groups is 2. The lowest BCUT2D eigenvalue weighted by molar-refractivity contribution is -0.139. The van der Waals surface area contributed by atoms with Gasteiger partial charge in [0, 0.05) is 31.0 Å². The van der Waals surface area contributed by atoms with Crippen molar-refractivity contribution in [2.45, 2.75) is 31.1 Å². The summed E-state index contributed by atoms with van der Waals surface area (Å²) in [5, 5.41) is 5.56. The molecule has 6 rings (SSSR count). The van der Waals surface area contributed by atoms with Crippen molar-refractivity contribution in [3.63, 3.8) is 0 Å². The van der Waals surface area contributed by atoms with E-state index in [1.54, 1.807) is 36.2 Å². The second-order valence-electron chi connectivity index (χ2n) is 8.77. The zero-order chi connectivity index (χ0) is 24.5. The summed E-state index contributed by atoms with van der Waals surface area (Å²) in [4.78, 5) is 34.1. The molecule has 3 aliphatic rings. The molecule has 2 aromatic carbocycles. The summed E-state index contributed by atoms with van der Waals surface area (Å²) in [6, 6.07) is 9.85. The summed E-state index contributed by atoms with van der Waals surface area (Å²) in [5.41, 5.74) is 1.23. The van der Waals surface area contributed by atoms with Gasteiger partial charge in [0.1, 0.15) is 11.3 Å². The number of anilines is 2. The lowest BCUT2D eigenvalue weighted by Crippen LogP contribution is -2.28. The number of nitrogens with zero attached hydrogens (tertiary/aromatic N) is 3. The Balaban J connectivity index is 1.37. The van der Waals surface area contributed by atoms with Gasteiger partial charge in [-0.1, -0.05) is 12.1 Å². The number of nitrogens with one attached hydrogen (secondary N) is 2. The number of carbonyl (C=O) groups excluding carboxylic acids is 2. The average molecular weight is 481 g/mol. The van der Waals surface area contributed by atoms with Gasteiger partial charge in [-0.3, -0.25) is 9.59 Å². The molecule has 0 radical (unpaired) electrons. The van der Waals surface area contributed by atoms with Gasteiger partial charge < -0.3 is 20.3 Å². The Labute approximate surface area is 197 Å². The number of alkyl halides is 3. The van der Waals surface area contributed by atoms with E-state index in [1.165, 1.54) is 6.07 Å². The fourth-order valence-electron chi connectivity index (χ4n) is 4.73. The fourth-order valence-corrected chi connectivity index (χ4v) is 4.73. The molecule has 1 spiro atoms. The molecule has 1 fully saturated rings. The number of fused-ring (bicyclic) bond motifs is 3. The van der Waals surface area contributed by atoms with Gasteiger partial charge in [-0.2, -0.15) is 18.2 Å². The van der Waals surface area contributed by atoms with Gasteiger partial charge in [-0.15, -0.1) is 0 Å². The van der Waals surface area contributed by atoms with Crippen molar-refractivity contribution in [2.75, 3.05) is 12.4 Å². The largest absolute Gasteiger partial charge is 0.437 e. The predicted molar refractivity (Wildman–Crippen MR) is 117 cm³/mol. The Morgan fingerprint density at radius 2 is 1.97 bits per heavy atom. The molecule has 1 saturated carbocycles. The van der Waals surface area contributed by atoms with E-state index in [9.17, 15) is 22.8 Å². The molecule has 1 aliphatic carbocycles. The second-order valence-corrected chi connectivity index (χ2v) is 8.77. The third-order valence-corrected chi connectivity index (χ3v) is 6.72. The molecule has 0 saturated heterocycles. The van der Waals surface area contributed by atoms with Crippen LogP contribution in [0.2, 0.25) is 0 Å². The van der Waals surface area contributed by atoms with E-state index in [0.717, 1.165) is 24.0 Å². The highest BCUT2D eigenvalue weighted by Gasteiger charge is 2.57. The Morgan fingerprint density at radius 1 is 1.17 bits per heavy atom. The van der Waals surface area contributed by atoms with Crippen molar-refractivity contribution >= 4 is 23.5 Å². The standard InChI is InChI=1S/C24H18F3N5O3/c1-32-21(34)18-15(23(32)7-8-23)3-2-4-17(18)35-20-16(24(25,26)27)11-29-22(31-20)30-13-5-6-14-12(9-13)10-28-19(14)33/h2-6,9,11H,7-8,10H2,1H3,(H,28,33)(H,29,30,31). The summed E-state index contributed by atoms with van der Waals surface area (Å²) in [5.74, 6) is -1.30. The first-order valence-electron chi connectivity index (χ1n) is 10.9. The summed E-state index contributed by atoms with van der Waals surface area (Å²) in [6.45, 7) is 0.356. The quantitative estimate of drug-likeness (QED) is 0.575. The minimum atomic E-state index is -4.77. The molecular formula is C24H18F3N5O3. The minimum Gasteiger partial charge on any atom is -0.437 e. The Bertz CT molecular complexity index is 1420. The van der Waals surface area contributed by atoms with E-state index in [2.05, 4.69) is 20.6 Å². The van der Waals surface area contributed by atoms with Gasteiger partial charge >= 0.3 is 6.18 Å². The molecule has 2 amide bonds. The SMILES string of the molecule is CN1C(=O)c2c(Oc3nc(Nc4ccc5c(c4)CNC5=O)ncc3C(F)(F)F)cccc2C12CC2. The number of ether oxygens (including phenoxy) is 1. The summed E-state index contributed by atoms with van der Waals surface area (Å²) in [7, 11) is 1.69. The van der Waals surface area contributed by atoms with Crippen molar-refractivity contribution in [3.8, 4) is 11.6 Å². The van der Waals surface area contributed by atoms with E-state index in [0.29, 0.717) is 24.0 Å². The van der Waals surface area contributed by atoms with Crippen molar-refractivity contribution in [3.05, 3.63) is 70.4 Å². The van der Waals surface area contributed by atoms with Crippen LogP contribution in [0.1, 0.15) is 50.2 Å². The van der Waals surface area contributed by atoms with Gasteiger partial charge in [0.25, 0.3) is 11.8 Å². The van der Waals surface area contributed by atoms with Gasteiger partial charge in [-0.25, -0.2) is 4.98 Å². The van der Waals surface area contributed by atoms with E-state index in [4.69, 9.17) is 4.74 Å². The van der Waals surface area contributed by atoms with Crippen molar-refractivity contribution in [2.24, 2.45) is 0 Å². The molecular weight excluding hydrogens is 463 g/mol. The highest BCUT2D eigenvalue weighted by atomic mass is 19.4. The topological polar surface area (TPSA) is 96.5 Å². The lowest BCUT2D eigenvalue weighted by atomic mass is 10.0. The molecule has 178 valence electrons. The number of benzene rings is 2. The maximum Gasteiger partial charge on any atom is 0.423 e. The van der Waals surface area contributed by atoms with Crippen LogP contribution in [0.15, 0.2) is 42.6 Å². The zero-order valence-electron chi connectivity index (χ0n) is 18.4. The minimum absolute atomic E-state index is 0.0143. The lowest BCUT2D eigenvalue weighted by Gasteiger charge is -2.18. The summed E-state index contributed by atoms with van der Waals surface area (Å²) in [6.07, 6.45) is -2.54. The van der Waals surface area contributed by atoms with Gasteiger partial charge in [0.2, 0.25) is 11.8 Å². The molecule has 35 heavy (non-hydrogen) atoms. The third-order valence-electron chi connectivity index (χ3n) is 6.72. The van der Waals surface area contributed by atoms with Crippen LogP contribution in [0.5, 0.6) is 11.6 Å². The molecule has 0 unspecified atom stereocenters. The van der Waals surface area contributed by atoms with E-state index >= 15 is 0 Å². The Kier molecular flexibility index (Phi) is 4.38. The van der Waals surface area contributed by atoms with Gasteiger partial charge in [-0.05, 0) is 48.2 Å². The monoisotopic (exact) mass is 481 g/mol. The van der Waals surface area contributed by atoms with Crippen LogP contribution in [0.3, 0.4) is 0 Å². The van der Waals surface area contributed by atoms with Gasteiger partial charge in [0.05, 0.1) is 11.1 Å². The molecule has 1 aromatic heterocycles. The molecule has 3 heterocycles. The van der Waals surface area contributed by atoms with E-state index in [1.807, 2.05) is 6.07 Å². The summed E-state index contributed by atoms with van der Waals surface area (Å²) < 4.78 is 46.9. The number of rotatable bonds is 4. The molecule has 2 N–H and O–H groups in total. The fraction of sp³-hybridized carbons (Fsp3) is 0.250. The number of halogens is 3. The van der Waals surface area contributed by atoms with Crippen LogP contribution >= 0.6 is 0 Å². The first-order valence-corrected chi connectivity index (χ1v) is 10.9. The average Bonchev–Trinajstić information content (AvgIpc) is 3.50. The van der Waals surface area contributed by atoms with Crippen molar-refractivity contribution < 1.29 is 27.5 Å². The zero-order valence-corrected chi connectivity index (χ0v) is 18.4. The number of aromatic nitrogens is 2. The number of hydrogen-bond donors (Lipinski definition) is 2. The molecule has 8 nitrogen and oxygen atoms in total. The first-order chi connectivity index (χ1) is 16.7. The Hall–Kier alpha value is -4.15. The molecule has 0 atom stereocenters. The predicted octanol–water partition coefficient (Wildman–Crippen LogP) is 4.35. The van der Waals surface area contributed by atoms with Crippen LogP contribution in [0, 0.1) is 0 Å². The molecule has 0 bridgehead atoms. The molecule has 2 aliphatic heterocycles. The van der Waals surface area contributed by atoms with Crippen LogP contribution < -0.4 is 15.4 Å². The van der Waals surface area contributed by atoms with Crippen molar-refractivity contribution in [1.82, 2.24) is 20.2 Å². The smallest absolute Gasteiger partial charge is 0.423 e. The highest BCUT2D eigenvalue weighted by molar-refractivity contribution is 6.03. The van der Waals surface area contributed by atoms with Crippen LogP contribution in [0.4, 0.5) is 24.8 Å². The van der Waals surface area contributed by atoms with Crippen molar-refractivity contribution in [1.29, 1.82) is 0 Å². The maximum atomic E-state index is 13.7. The normalized spacial score (nSPS) is 17.3. The molecule has 11 heteroatoms. The van der Waals surface area contributed by atoms with Crippen LogP contribution in [-0.4, -0.2) is 33.7 Å². The highest BCUT2D eigenvalue weighted by Crippen LogP contribution is 2.57. The molecule has 3 aromatic rings. The first kappa shape index (κ1) is 21.4. The number of hydrogen-bond acceptors (Lipinski definition) is 6. The van der Waals surface area contributed by atoms with E-state index in [-0.39, 0.29) is 29.1 Å². The maximum absolute atomic E-state index is 13.7. The summed E-state index contributed by atoms with van der Waals surface area (Å²) >= 11 is 0. The van der Waals surface area contributed by atoms with Crippen LogP contribution in [0.25, 0.3) is 0 Å². The Morgan fingerprint density at radius 3 is 2.71 bits per heavy atom. The number of amides is 2.